The Morgan fingerprint density at radius 3 is 2.46 bits per heavy atom. The Balaban J connectivity index is 1.83. The van der Waals surface area contributed by atoms with Crippen molar-refractivity contribution in [2.24, 2.45) is 0 Å². The van der Waals surface area contributed by atoms with Crippen molar-refractivity contribution in [3.8, 4) is 11.5 Å². The van der Waals surface area contributed by atoms with E-state index in [0.717, 1.165) is 22.0 Å². The van der Waals surface area contributed by atoms with Gasteiger partial charge < -0.3 is 14.8 Å². The first-order valence-electron chi connectivity index (χ1n) is 7.55. The van der Waals surface area contributed by atoms with Crippen LogP contribution in [0.5, 0.6) is 11.5 Å². The van der Waals surface area contributed by atoms with E-state index >= 15 is 0 Å². The molecule has 1 amide bonds. The van der Waals surface area contributed by atoms with Crippen LogP contribution in [0.15, 0.2) is 53.0 Å². The molecule has 0 saturated heterocycles. The van der Waals surface area contributed by atoms with E-state index in [1.807, 2.05) is 42.5 Å². The number of nitrogens with one attached hydrogen (secondary N) is 1. The summed E-state index contributed by atoms with van der Waals surface area (Å²) in [6.45, 7) is 0.555. The predicted octanol–water partition coefficient (Wildman–Crippen LogP) is 3.84. The van der Waals surface area contributed by atoms with Gasteiger partial charge in [0.25, 0.3) is 0 Å². The second kappa shape index (κ2) is 9.13. The van der Waals surface area contributed by atoms with Gasteiger partial charge in [0.05, 0.1) is 14.2 Å². The average molecular weight is 390 g/mol. The molecule has 0 bridgehead atoms. The van der Waals surface area contributed by atoms with Crippen molar-refractivity contribution in [3.63, 3.8) is 0 Å². The lowest BCUT2D eigenvalue weighted by Gasteiger charge is -2.09. The Morgan fingerprint density at radius 1 is 1.08 bits per heavy atom. The van der Waals surface area contributed by atoms with Crippen LogP contribution in [0.3, 0.4) is 0 Å². The van der Waals surface area contributed by atoms with Gasteiger partial charge in [-0.2, -0.15) is 0 Å². The standard InChI is InChI=1S/C19H20BrNO3/c1-23-17-9-5-15(13-18(17)24-2)11-12-21-19(22)10-6-14-3-7-16(20)8-4-14/h3-10,13H,11-12H2,1-2H3,(H,21,22). The first-order chi connectivity index (χ1) is 11.6. The van der Waals surface area contributed by atoms with Crippen LogP contribution in [0, 0.1) is 0 Å². The van der Waals surface area contributed by atoms with Crippen molar-refractivity contribution in [1.82, 2.24) is 5.32 Å². The number of hydrogen-bond donors (Lipinski definition) is 1. The predicted molar refractivity (Wildman–Crippen MR) is 99.4 cm³/mol. The summed E-state index contributed by atoms with van der Waals surface area (Å²) < 4.78 is 11.5. The molecule has 126 valence electrons. The van der Waals surface area contributed by atoms with Gasteiger partial charge in [-0.1, -0.05) is 34.1 Å². The number of halogens is 1. The fraction of sp³-hybridized carbons (Fsp3) is 0.211. The molecule has 0 fully saturated rings. The van der Waals surface area contributed by atoms with Crippen LogP contribution in [0.2, 0.25) is 0 Å². The van der Waals surface area contributed by atoms with E-state index in [9.17, 15) is 4.79 Å². The normalized spacial score (nSPS) is 10.6. The topological polar surface area (TPSA) is 47.6 Å². The smallest absolute Gasteiger partial charge is 0.244 e. The number of hydrogen-bond acceptors (Lipinski definition) is 3. The second-order valence-electron chi connectivity index (χ2n) is 5.12. The van der Waals surface area contributed by atoms with Crippen molar-refractivity contribution >= 4 is 27.9 Å². The molecule has 2 aromatic carbocycles. The quantitative estimate of drug-likeness (QED) is 0.731. The molecule has 0 atom stereocenters. The SMILES string of the molecule is COc1ccc(CCNC(=O)C=Cc2ccc(Br)cc2)cc1OC. The van der Waals surface area contributed by atoms with Crippen LogP contribution in [-0.2, 0) is 11.2 Å². The highest BCUT2D eigenvalue weighted by atomic mass is 79.9. The van der Waals surface area contributed by atoms with Crippen molar-refractivity contribution in [1.29, 1.82) is 0 Å². The van der Waals surface area contributed by atoms with E-state index in [2.05, 4.69) is 21.2 Å². The molecule has 0 aliphatic carbocycles. The van der Waals surface area contributed by atoms with Crippen LogP contribution in [0.25, 0.3) is 6.08 Å². The summed E-state index contributed by atoms with van der Waals surface area (Å²) in [6.07, 6.45) is 4.05. The molecule has 0 radical (unpaired) electrons. The fourth-order valence-corrected chi connectivity index (χ4v) is 2.44. The third-order valence-corrected chi connectivity index (χ3v) is 3.99. The van der Waals surface area contributed by atoms with Gasteiger partial charge in [-0.15, -0.1) is 0 Å². The summed E-state index contributed by atoms with van der Waals surface area (Å²) in [4.78, 5) is 11.8. The maximum absolute atomic E-state index is 11.8. The number of carbonyl (C=O) groups excluding carboxylic acids is 1. The second-order valence-corrected chi connectivity index (χ2v) is 6.03. The van der Waals surface area contributed by atoms with Gasteiger partial charge >= 0.3 is 0 Å². The van der Waals surface area contributed by atoms with E-state index < -0.39 is 0 Å². The molecular weight excluding hydrogens is 370 g/mol. The maximum Gasteiger partial charge on any atom is 0.244 e. The molecule has 2 aromatic rings. The highest BCUT2D eigenvalue weighted by molar-refractivity contribution is 9.10. The highest BCUT2D eigenvalue weighted by Crippen LogP contribution is 2.27. The summed E-state index contributed by atoms with van der Waals surface area (Å²) in [7, 11) is 3.21. The minimum Gasteiger partial charge on any atom is -0.493 e. The van der Waals surface area contributed by atoms with Crippen LogP contribution < -0.4 is 14.8 Å². The third-order valence-electron chi connectivity index (χ3n) is 3.46. The average Bonchev–Trinajstić information content (AvgIpc) is 2.61. The van der Waals surface area contributed by atoms with Gasteiger partial charge in [-0.05, 0) is 47.9 Å². The first kappa shape index (κ1) is 18.1. The Kier molecular flexibility index (Phi) is 6.88. The van der Waals surface area contributed by atoms with Gasteiger partial charge in [0, 0.05) is 17.1 Å². The molecule has 5 heteroatoms. The van der Waals surface area contributed by atoms with Crippen molar-refractivity contribution in [3.05, 3.63) is 64.1 Å². The number of ether oxygens (including phenoxy) is 2. The van der Waals surface area contributed by atoms with Crippen LogP contribution >= 0.6 is 15.9 Å². The summed E-state index contributed by atoms with van der Waals surface area (Å²) in [5, 5.41) is 2.87. The summed E-state index contributed by atoms with van der Waals surface area (Å²) in [6, 6.07) is 13.5. The lowest BCUT2D eigenvalue weighted by Crippen LogP contribution is -2.23. The monoisotopic (exact) mass is 389 g/mol. The number of benzene rings is 2. The molecule has 4 nitrogen and oxygen atoms in total. The molecule has 0 aliphatic rings. The molecular formula is C19H20BrNO3. The minimum absolute atomic E-state index is 0.113. The Bertz CT molecular complexity index is 711. The van der Waals surface area contributed by atoms with Crippen molar-refractivity contribution in [2.45, 2.75) is 6.42 Å². The first-order valence-corrected chi connectivity index (χ1v) is 8.34. The minimum atomic E-state index is -0.113. The lowest BCUT2D eigenvalue weighted by atomic mass is 10.1. The molecule has 2 rings (SSSR count). The zero-order chi connectivity index (χ0) is 17.4. The van der Waals surface area contributed by atoms with Crippen LogP contribution in [-0.4, -0.2) is 26.7 Å². The molecule has 0 heterocycles. The highest BCUT2D eigenvalue weighted by Gasteiger charge is 2.04. The van der Waals surface area contributed by atoms with Gasteiger partial charge in [0.15, 0.2) is 11.5 Å². The zero-order valence-corrected chi connectivity index (χ0v) is 15.3. The van der Waals surface area contributed by atoms with E-state index in [1.165, 1.54) is 6.08 Å². The van der Waals surface area contributed by atoms with Crippen molar-refractivity contribution in [2.75, 3.05) is 20.8 Å². The van der Waals surface area contributed by atoms with E-state index in [4.69, 9.17) is 9.47 Å². The van der Waals surface area contributed by atoms with Gasteiger partial charge in [0.2, 0.25) is 5.91 Å². The largest absolute Gasteiger partial charge is 0.493 e. The van der Waals surface area contributed by atoms with E-state index in [1.54, 1.807) is 20.3 Å². The van der Waals surface area contributed by atoms with Crippen molar-refractivity contribution < 1.29 is 14.3 Å². The molecule has 24 heavy (non-hydrogen) atoms. The number of amides is 1. The zero-order valence-electron chi connectivity index (χ0n) is 13.7. The van der Waals surface area contributed by atoms with Crippen LogP contribution in [0.4, 0.5) is 0 Å². The Hall–Kier alpha value is -2.27. The maximum atomic E-state index is 11.8. The van der Waals surface area contributed by atoms with Gasteiger partial charge in [-0.25, -0.2) is 0 Å². The summed E-state index contributed by atoms with van der Waals surface area (Å²) in [5.41, 5.74) is 2.05. The number of rotatable bonds is 7. The molecule has 0 unspecified atom stereocenters. The van der Waals surface area contributed by atoms with E-state index in [-0.39, 0.29) is 5.91 Å². The number of carbonyl (C=O) groups is 1. The number of methoxy groups -OCH3 is 2. The summed E-state index contributed by atoms with van der Waals surface area (Å²) >= 11 is 3.38. The Labute approximate surface area is 150 Å². The molecule has 1 N–H and O–H groups in total. The molecule has 0 saturated carbocycles. The van der Waals surface area contributed by atoms with E-state index in [0.29, 0.717) is 18.0 Å². The third kappa shape index (κ3) is 5.42. The molecule has 0 spiro atoms. The lowest BCUT2D eigenvalue weighted by molar-refractivity contribution is -0.116. The fourth-order valence-electron chi connectivity index (χ4n) is 2.17. The molecule has 0 aromatic heterocycles. The Morgan fingerprint density at radius 2 is 1.79 bits per heavy atom. The summed E-state index contributed by atoms with van der Waals surface area (Å²) in [5.74, 6) is 1.28. The van der Waals surface area contributed by atoms with Gasteiger partial charge in [-0.3, -0.25) is 4.79 Å². The van der Waals surface area contributed by atoms with Crippen LogP contribution in [0.1, 0.15) is 11.1 Å². The molecule has 0 aliphatic heterocycles. The van der Waals surface area contributed by atoms with Gasteiger partial charge in [0.1, 0.15) is 0 Å².